The Labute approximate surface area is 167 Å². The van der Waals surface area contributed by atoms with Gasteiger partial charge in [-0.25, -0.2) is 13.2 Å². The zero-order valence-electron chi connectivity index (χ0n) is 15.2. The third-order valence-corrected chi connectivity index (χ3v) is 5.94. The summed E-state index contributed by atoms with van der Waals surface area (Å²) in [6, 6.07) is 19.9. The molecule has 7 nitrogen and oxygen atoms in total. The average Bonchev–Trinajstić information content (AvgIpc) is 2.73. The quantitative estimate of drug-likeness (QED) is 0.253. The highest BCUT2D eigenvalue weighted by Gasteiger charge is 2.16. The molecule has 3 aromatic carbocycles. The van der Waals surface area contributed by atoms with E-state index in [1.54, 1.807) is 0 Å². The van der Waals surface area contributed by atoms with E-state index < -0.39 is 20.7 Å². The first-order chi connectivity index (χ1) is 13.8. The minimum atomic E-state index is -3.47. The Morgan fingerprint density at radius 2 is 1.52 bits per heavy atom. The van der Waals surface area contributed by atoms with Crippen molar-refractivity contribution in [3.8, 4) is 5.75 Å². The van der Waals surface area contributed by atoms with Crippen molar-refractivity contribution in [3.05, 3.63) is 100 Å². The van der Waals surface area contributed by atoms with Crippen LogP contribution in [0.25, 0.3) is 0 Å². The van der Waals surface area contributed by atoms with Crippen molar-refractivity contribution in [3.63, 3.8) is 0 Å². The fraction of sp³-hybridized carbons (Fsp3) is 0.0952. The lowest BCUT2D eigenvalue weighted by Crippen LogP contribution is -2.10. The van der Waals surface area contributed by atoms with Crippen molar-refractivity contribution >= 4 is 21.5 Å². The molecule has 0 heterocycles. The van der Waals surface area contributed by atoms with Gasteiger partial charge in [-0.2, -0.15) is 0 Å². The van der Waals surface area contributed by atoms with Gasteiger partial charge >= 0.3 is 5.97 Å². The number of nitro benzene ring substituents is 1. The molecule has 29 heavy (non-hydrogen) atoms. The number of esters is 1. The summed E-state index contributed by atoms with van der Waals surface area (Å²) in [5.74, 6) is -0.547. The van der Waals surface area contributed by atoms with Crippen LogP contribution in [0.2, 0.25) is 0 Å². The van der Waals surface area contributed by atoms with Gasteiger partial charge in [0.2, 0.25) is 0 Å². The minimum absolute atomic E-state index is 0.0288. The number of nitro groups is 1. The van der Waals surface area contributed by atoms with Gasteiger partial charge in [0.15, 0.2) is 9.84 Å². The van der Waals surface area contributed by atoms with Crippen LogP contribution in [0.3, 0.4) is 0 Å². The molecule has 0 saturated carbocycles. The summed E-state index contributed by atoms with van der Waals surface area (Å²) in [5, 5.41) is 10.7. The molecule has 8 heteroatoms. The summed E-state index contributed by atoms with van der Waals surface area (Å²) in [7, 11) is -3.47. The normalized spacial score (nSPS) is 11.0. The van der Waals surface area contributed by atoms with Gasteiger partial charge in [-0.1, -0.05) is 30.3 Å². The molecule has 0 aromatic heterocycles. The fourth-order valence-corrected chi connectivity index (χ4v) is 3.91. The maximum absolute atomic E-state index is 12.5. The van der Waals surface area contributed by atoms with E-state index in [0.717, 1.165) is 5.56 Å². The van der Waals surface area contributed by atoms with Crippen molar-refractivity contribution in [2.75, 3.05) is 5.75 Å². The van der Waals surface area contributed by atoms with E-state index in [9.17, 15) is 23.3 Å². The lowest BCUT2D eigenvalue weighted by molar-refractivity contribution is -0.384. The van der Waals surface area contributed by atoms with Crippen LogP contribution >= 0.6 is 0 Å². The summed E-state index contributed by atoms with van der Waals surface area (Å²) in [4.78, 5) is 22.4. The Balaban J connectivity index is 1.64. The van der Waals surface area contributed by atoms with E-state index in [0.29, 0.717) is 6.42 Å². The van der Waals surface area contributed by atoms with Gasteiger partial charge < -0.3 is 4.74 Å². The van der Waals surface area contributed by atoms with Crippen LogP contribution in [0.5, 0.6) is 5.75 Å². The van der Waals surface area contributed by atoms with Crippen LogP contribution in [0.4, 0.5) is 5.69 Å². The topological polar surface area (TPSA) is 104 Å². The molecule has 0 bridgehead atoms. The molecule has 3 aromatic rings. The monoisotopic (exact) mass is 411 g/mol. The van der Waals surface area contributed by atoms with E-state index in [1.165, 1.54) is 48.5 Å². The molecule has 3 rings (SSSR count). The molecule has 148 valence electrons. The standard InChI is InChI=1S/C21H17NO6S/c23-21(17-6-8-18(9-7-17)22(24)25)28-19-10-12-20(13-11-19)29(26,27)15-14-16-4-2-1-3-5-16/h1-13H,14-15H2. The van der Waals surface area contributed by atoms with Crippen LogP contribution < -0.4 is 4.74 Å². The van der Waals surface area contributed by atoms with Gasteiger partial charge in [0.25, 0.3) is 5.69 Å². The predicted molar refractivity (Wildman–Crippen MR) is 107 cm³/mol. The maximum atomic E-state index is 12.5. The van der Waals surface area contributed by atoms with E-state index >= 15 is 0 Å². The largest absolute Gasteiger partial charge is 0.423 e. The van der Waals surface area contributed by atoms with Crippen LogP contribution in [-0.4, -0.2) is 25.1 Å². The van der Waals surface area contributed by atoms with Crippen LogP contribution in [0, 0.1) is 10.1 Å². The van der Waals surface area contributed by atoms with E-state index in [2.05, 4.69) is 0 Å². The Kier molecular flexibility index (Phi) is 6.04. The van der Waals surface area contributed by atoms with Crippen molar-refractivity contribution in [1.82, 2.24) is 0 Å². The number of aryl methyl sites for hydroxylation is 1. The van der Waals surface area contributed by atoms with Gasteiger partial charge in [-0.3, -0.25) is 10.1 Å². The Morgan fingerprint density at radius 1 is 0.897 bits per heavy atom. The maximum Gasteiger partial charge on any atom is 0.343 e. The number of non-ortho nitro benzene ring substituents is 1. The summed E-state index contributed by atoms with van der Waals surface area (Å²) < 4.78 is 30.2. The molecule has 0 aliphatic rings. The van der Waals surface area contributed by atoms with E-state index in [4.69, 9.17) is 4.74 Å². The summed E-state index contributed by atoms with van der Waals surface area (Å²) in [6.45, 7) is 0. The lowest BCUT2D eigenvalue weighted by atomic mass is 10.2. The van der Waals surface area contributed by atoms with Crippen LogP contribution in [-0.2, 0) is 16.3 Å². The Hall–Kier alpha value is -3.52. The molecular formula is C21H17NO6S. The highest BCUT2D eigenvalue weighted by atomic mass is 32.2. The lowest BCUT2D eigenvalue weighted by Gasteiger charge is -2.07. The molecular weight excluding hydrogens is 394 g/mol. The molecule has 0 amide bonds. The third kappa shape index (κ3) is 5.26. The van der Waals surface area contributed by atoms with Crippen LogP contribution in [0.15, 0.2) is 83.8 Å². The molecule has 0 aliphatic carbocycles. The number of carbonyl (C=O) groups is 1. The molecule has 0 radical (unpaired) electrons. The SMILES string of the molecule is O=C(Oc1ccc(S(=O)(=O)CCc2ccccc2)cc1)c1ccc([N+](=O)[O-])cc1. The van der Waals surface area contributed by atoms with Gasteiger partial charge in [0, 0.05) is 12.1 Å². The minimum Gasteiger partial charge on any atom is -0.423 e. The van der Waals surface area contributed by atoms with Gasteiger partial charge in [-0.15, -0.1) is 0 Å². The molecule has 0 atom stereocenters. The van der Waals surface area contributed by atoms with Crippen molar-refractivity contribution in [2.24, 2.45) is 0 Å². The molecule has 0 fully saturated rings. The number of nitrogens with zero attached hydrogens (tertiary/aromatic N) is 1. The molecule has 0 N–H and O–H groups in total. The van der Waals surface area contributed by atoms with E-state index in [-0.39, 0.29) is 27.6 Å². The van der Waals surface area contributed by atoms with Crippen LogP contribution in [0.1, 0.15) is 15.9 Å². The summed E-state index contributed by atoms with van der Waals surface area (Å²) in [6.07, 6.45) is 0.403. The second-order valence-corrected chi connectivity index (χ2v) is 8.33. The van der Waals surface area contributed by atoms with Crippen molar-refractivity contribution in [1.29, 1.82) is 0 Å². The highest BCUT2D eigenvalue weighted by molar-refractivity contribution is 7.91. The second-order valence-electron chi connectivity index (χ2n) is 6.22. The first kappa shape index (κ1) is 20.2. The Morgan fingerprint density at radius 3 is 2.10 bits per heavy atom. The fourth-order valence-electron chi connectivity index (χ4n) is 2.61. The third-order valence-electron chi connectivity index (χ3n) is 4.21. The average molecular weight is 411 g/mol. The van der Waals surface area contributed by atoms with Crippen molar-refractivity contribution < 1.29 is 22.9 Å². The number of rotatable bonds is 7. The van der Waals surface area contributed by atoms with E-state index in [1.807, 2.05) is 30.3 Å². The second kappa shape index (κ2) is 8.66. The number of carbonyl (C=O) groups excluding carboxylic acids is 1. The number of ether oxygens (including phenoxy) is 1. The zero-order valence-corrected chi connectivity index (χ0v) is 16.0. The summed E-state index contributed by atoms with van der Waals surface area (Å²) in [5.41, 5.74) is 0.950. The first-order valence-electron chi connectivity index (χ1n) is 8.68. The highest BCUT2D eigenvalue weighted by Crippen LogP contribution is 2.20. The Bertz CT molecular complexity index is 1110. The number of benzene rings is 3. The number of hydrogen-bond donors (Lipinski definition) is 0. The summed E-state index contributed by atoms with van der Waals surface area (Å²) >= 11 is 0. The molecule has 0 unspecified atom stereocenters. The zero-order chi connectivity index (χ0) is 20.9. The molecule has 0 spiro atoms. The predicted octanol–water partition coefficient (Wildman–Crippen LogP) is 3.83. The number of hydrogen-bond acceptors (Lipinski definition) is 6. The number of sulfone groups is 1. The van der Waals surface area contributed by atoms with Crippen molar-refractivity contribution in [2.45, 2.75) is 11.3 Å². The van der Waals surface area contributed by atoms with Gasteiger partial charge in [-0.05, 0) is 48.4 Å². The van der Waals surface area contributed by atoms with Gasteiger partial charge in [0.1, 0.15) is 5.75 Å². The smallest absolute Gasteiger partial charge is 0.343 e. The first-order valence-corrected chi connectivity index (χ1v) is 10.3. The van der Waals surface area contributed by atoms with Gasteiger partial charge in [0.05, 0.1) is 21.1 Å². The molecule has 0 saturated heterocycles. The molecule has 0 aliphatic heterocycles.